The molecule has 0 fully saturated rings. The van der Waals surface area contributed by atoms with E-state index in [9.17, 15) is 4.79 Å². The quantitative estimate of drug-likeness (QED) is 0.612. The third kappa shape index (κ3) is 1.82. The minimum absolute atomic E-state index is 0.00634. The molecular weight excluding hydrogens is 168 g/mol. The van der Waals surface area contributed by atoms with Crippen molar-refractivity contribution >= 4 is 17.8 Å². The van der Waals surface area contributed by atoms with Gasteiger partial charge >= 0.3 is 0 Å². The van der Waals surface area contributed by atoms with Crippen molar-refractivity contribution in [3.63, 3.8) is 0 Å². The molecule has 0 aliphatic carbocycles. The number of rotatable bonds is 0. The number of para-hydroxylation sites is 1. The predicted octanol–water partition coefficient (Wildman–Crippen LogP) is 1.61. The standard InChI is InChI=1S/C9H6O2.CH2O/c10-8-5-6-11-9-4-2-1-3-7(8)9;1-2/h1-6H;1H2. The van der Waals surface area contributed by atoms with Gasteiger partial charge < -0.3 is 9.21 Å². The van der Waals surface area contributed by atoms with E-state index >= 15 is 0 Å². The zero-order valence-corrected chi connectivity index (χ0v) is 6.90. The number of carbonyl (C=O) groups is 1. The Morgan fingerprint density at radius 2 is 1.77 bits per heavy atom. The Balaban J connectivity index is 0.000000396. The van der Waals surface area contributed by atoms with Crippen LogP contribution < -0.4 is 5.43 Å². The summed E-state index contributed by atoms with van der Waals surface area (Å²) in [6.07, 6.45) is 1.41. The molecule has 2 aromatic rings. The van der Waals surface area contributed by atoms with E-state index in [1.54, 1.807) is 12.1 Å². The largest absolute Gasteiger partial charge is 0.464 e. The van der Waals surface area contributed by atoms with Gasteiger partial charge in [-0.15, -0.1) is 0 Å². The van der Waals surface area contributed by atoms with Gasteiger partial charge in [0.25, 0.3) is 0 Å². The monoisotopic (exact) mass is 176 g/mol. The first-order chi connectivity index (χ1) is 6.38. The van der Waals surface area contributed by atoms with Crippen LogP contribution in [-0.2, 0) is 4.79 Å². The van der Waals surface area contributed by atoms with Crippen LogP contribution in [0.25, 0.3) is 11.0 Å². The molecular formula is C10H8O3. The van der Waals surface area contributed by atoms with E-state index in [0.717, 1.165) is 0 Å². The molecule has 1 aromatic carbocycles. The summed E-state index contributed by atoms with van der Waals surface area (Å²) in [4.78, 5) is 19.1. The summed E-state index contributed by atoms with van der Waals surface area (Å²) in [6, 6.07) is 8.60. The summed E-state index contributed by atoms with van der Waals surface area (Å²) in [5, 5.41) is 0.634. The van der Waals surface area contributed by atoms with Crippen LogP contribution in [0.3, 0.4) is 0 Å². The summed E-state index contributed by atoms with van der Waals surface area (Å²) >= 11 is 0. The van der Waals surface area contributed by atoms with Gasteiger partial charge in [-0.1, -0.05) is 12.1 Å². The molecule has 66 valence electrons. The van der Waals surface area contributed by atoms with Crippen molar-refractivity contribution in [2.45, 2.75) is 0 Å². The van der Waals surface area contributed by atoms with Gasteiger partial charge in [0, 0.05) is 6.07 Å². The second-order valence-corrected chi connectivity index (χ2v) is 2.28. The highest BCUT2D eigenvalue weighted by atomic mass is 16.3. The maximum absolute atomic E-state index is 11.1. The Morgan fingerprint density at radius 3 is 2.46 bits per heavy atom. The van der Waals surface area contributed by atoms with E-state index in [-0.39, 0.29) is 5.43 Å². The maximum Gasteiger partial charge on any atom is 0.192 e. The molecule has 0 unspecified atom stereocenters. The van der Waals surface area contributed by atoms with E-state index < -0.39 is 0 Å². The van der Waals surface area contributed by atoms with Crippen LogP contribution in [0, 0.1) is 0 Å². The van der Waals surface area contributed by atoms with Crippen molar-refractivity contribution in [2.75, 3.05) is 0 Å². The Bertz CT molecular complexity index is 440. The van der Waals surface area contributed by atoms with Crippen LogP contribution in [0.1, 0.15) is 0 Å². The molecule has 0 bridgehead atoms. The topological polar surface area (TPSA) is 47.3 Å². The van der Waals surface area contributed by atoms with E-state index in [2.05, 4.69) is 0 Å². The van der Waals surface area contributed by atoms with Crippen LogP contribution in [0.2, 0.25) is 0 Å². The molecule has 0 aliphatic rings. The summed E-state index contributed by atoms with van der Waals surface area (Å²) in [5.74, 6) is 0. The first kappa shape index (κ1) is 9.19. The van der Waals surface area contributed by atoms with Crippen molar-refractivity contribution in [3.05, 3.63) is 46.8 Å². The van der Waals surface area contributed by atoms with E-state index in [4.69, 9.17) is 9.21 Å². The molecule has 2 rings (SSSR count). The van der Waals surface area contributed by atoms with Crippen molar-refractivity contribution in [1.29, 1.82) is 0 Å². The first-order valence-corrected chi connectivity index (χ1v) is 3.63. The Labute approximate surface area is 74.6 Å². The van der Waals surface area contributed by atoms with Crippen LogP contribution in [0.5, 0.6) is 0 Å². The number of carbonyl (C=O) groups excluding carboxylic acids is 1. The maximum atomic E-state index is 11.1. The minimum Gasteiger partial charge on any atom is -0.464 e. The zero-order chi connectivity index (χ0) is 9.68. The predicted molar refractivity (Wildman–Crippen MR) is 49.6 cm³/mol. The van der Waals surface area contributed by atoms with Gasteiger partial charge in [0.1, 0.15) is 12.4 Å². The molecule has 1 aromatic heterocycles. The summed E-state index contributed by atoms with van der Waals surface area (Å²) in [6.45, 7) is 2.00. The Hall–Kier alpha value is -1.90. The summed E-state index contributed by atoms with van der Waals surface area (Å²) in [7, 11) is 0. The molecule has 0 radical (unpaired) electrons. The molecule has 3 nitrogen and oxygen atoms in total. The van der Waals surface area contributed by atoms with Crippen LogP contribution in [-0.4, -0.2) is 6.79 Å². The van der Waals surface area contributed by atoms with Crippen molar-refractivity contribution < 1.29 is 9.21 Å². The SMILES string of the molecule is C=O.O=c1ccoc2ccccc12. The zero-order valence-electron chi connectivity index (χ0n) is 6.90. The second kappa shape index (κ2) is 4.21. The number of fused-ring (bicyclic) bond motifs is 1. The van der Waals surface area contributed by atoms with Gasteiger partial charge in [0.15, 0.2) is 5.43 Å². The second-order valence-electron chi connectivity index (χ2n) is 2.28. The van der Waals surface area contributed by atoms with Crippen molar-refractivity contribution in [2.24, 2.45) is 0 Å². The molecule has 3 heteroatoms. The average molecular weight is 176 g/mol. The van der Waals surface area contributed by atoms with Gasteiger partial charge in [0.2, 0.25) is 0 Å². The first-order valence-electron chi connectivity index (χ1n) is 3.63. The number of hydrogen-bond donors (Lipinski definition) is 0. The van der Waals surface area contributed by atoms with Crippen molar-refractivity contribution in [1.82, 2.24) is 0 Å². The van der Waals surface area contributed by atoms with Gasteiger partial charge in [-0.2, -0.15) is 0 Å². The molecule has 1 heterocycles. The lowest BCUT2D eigenvalue weighted by atomic mass is 10.2. The van der Waals surface area contributed by atoms with E-state index in [1.807, 2.05) is 18.9 Å². The highest BCUT2D eigenvalue weighted by Crippen LogP contribution is 2.06. The molecule has 0 spiro atoms. The lowest BCUT2D eigenvalue weighted by Crippen LogP contribution is -1.96. The van der Waals surface area contributed by atoms with Crippen molar-refractivity contribution in [3.8, 4) is 0 Å². The van der Waals surface area contributed by atoms with E-state index in [1.165, 1.54) is 12.3 Å². The van der Waals surface area contributed by atoms with E-state index in [0.29, 0.717) is 11.0 Å². The highest BCUT2D eigenvalue weighted by molar-refractivity contribution is 5.75. The molecule has 13 heavy (non-hydrogen) atoms. The lowest BCUT2D eigenvalue weighted by molar-refractivity contribution is -0.0979. The fourth-order valence-electron chi connectivity index (χ4n) is 1.03. The summed E-state index contributed by atoms with van der Waals surface area (Å²) < 4.78 is 5.09. The molecule has 0 atom stereocenters. The van der Waals surface area contributed by atoms with Gasteiger partial charge in [-0.3, -0.25) is 4.79 Å². The molecule has 0 amide bonds. The third-order valence-electron chi connectivity index (χ3n) is 1.57. The molecule has 0 aliphatic heterocycles. The van der Waals surface area contributed by atoms with Crippen LogP contribution in [0.15, 0.2) is 45.8 Å². The van der Waals surface area contributed by atoms with Gasteiger partial charge in [0.05, 0.1) is 11.6 Å². The van der Waals surface area contributed by atoms with Crippen LogP contribution >= 0.6 is 0 Å². The van der Waals surface area contributed by atoms with Crippen LogP contribution in [0.4, 0.5) is 0 Å². The van der Waals surface area contributed by atoms with Gasteiger partial charge in [-0.05, 0) is 12.1 Å². The molecule has 0 N–H and O–H groups in total. The fourth-order valence-corrected chi connectivity index (χ4v) is 1.03. The third-order valence-corrected chi connectivity index (χ3v) is 1.57. The lowest BCUT2D eigenvalue weighted by Gasteiger charge is -1.91. The highest BCUT2D eigenvalue weighted by Gasteiger charge is 1.95. The smallest absolute Gasteiger partial charge is 0.192 e. The Kier molecular flexibility index (Phi) is 2.97. The number of benzene rings is 1. The molecule has 0 saturated heterocycles. The summed E-state index contributed by atoms with van der Waals surface area (Å²) in [5.41, 5.74) is 0.645. The Morgan fingerprint density at radius 1 is 1.08 bits per heavy atom. The number of hydrogen-bond acceptors (Lipinski definition) is 3. The minimum atomic E-state index is 0.00634. The van der Waals surface area contributed by atoms with Gasteiger partial charge in [-0.25, -0.2) is 0 Å². The fraction of sp³-hybridized carbons (Fsp3) is 0. The normalized spacial score (nSPS) is 8.92. The molecule has 0 saturated carbocycles. The average Bonchev–Trinajstić information content (AvgIpc) is 2.22.